The van der Waals surface area contributed by atoms with Gasteiger partial charge in [0.1, 0.15) is 0 Å². The Labute approximate surface area is 141 Å². The third-order valence-corrected chi connectivity index (χ3v) is 4.34. The van der Waals surface area contributed by atoms with E-state index in [1.807, 2.05) is 24.3 Å². The van der Waals surface area contributed by atoms with E-state index in [0.29, 0.717) is 6.41 Å². The number of carbonyl (C=O) groups excluding carboxylic acids is 1. The lowest BCUT2D eigenvalue weighted by atomic mass is 9.94. The number of benzene rings is 2. The zero-order chi connectivity index (χ0) is 16.9. The van der Waals surface area contributed by atoms with Crippen LogP contribution < -0.4 is 5.32 Å². The van der Waals surface area contributed by atoms with Gasteiger partial charge in [0.2, 0.25) is 6.41 Å². The summed E-state index contributed by atoms with van der Waals surface area (Å²) in [6.45, 7) is 0. The second-order valence-electron chi connectivity index (χ2n) is 5.71. The number of ether oxygens (including phenoxy) is 3. The lowest BCUT2D eigenvalue weighted by Crippen LogP contribution is -2.17. The highest BCUT2D eigenvalue weighted by Gasteiger charge is 2.36. The summed E-state index contributed by atoms with van der Waals surface area (Å²) >= 11 is 0. The van der Waals surface area contributed by atoms with Gasteiger partial charge >= 0.3 is 0 Å². The van der Waals surface area contributed by atoms with Gasteiger partial charge < -0.3 is 19.5 Å². The molecule has 1 N–H and O–H groups in total. The summed E-state index contributed by atoms with van der Waals surface area (Å²) in [6.07, 6.45) is 0.944. The normalized spacial score (nSPS) is 23.2. The second kappa shape index (κ2) is 7.57. The van der Waals surface area contributed by atoms with Crippen LogP contribution in [0.2, 0.25) is 0 Å². The van der Waals surface area contributed by atoms with Gasteiger partial charge in [-0.05, 0) is 28.8 Å². The number of rotatable bonds is 6. The molecule has 3 rings (SSSR count). The van der Waals surface area contributed by atoms with Gasteiger partial charge in [-0.25, -0.2) is 0 Å². The average molecular weight is 327 g/mol. The van der Waals surface area contributed by atoms with Gasteiger partial charge in [0.15, 0.2) is 12.6 Å². The lowest BCUT2D eigenvalue weighted by Gasteiger charge is -2.17. The molecule has 0 aromatic heterocycles. The van der Waals surface area contributed by atoms with E-state index in [2.05, 4.69) is 29.6 Å². The molecule has 5 heteroatoms. The molecule has 0 saturated carbocycles. The van der Waals surface area contributed by atoms with Gasteiger partial charge in [0, 0.05) is 32.2 Å². The van der Waals surface area contributed by atoms with Crippen LogP contribution in [0.1, 0.15) is 17.9 Å². The number of carbonyl (C=O) groups is 1. The Balaban J connectivity index is 1.76. The maximum Gasteiger partial charge on any atom is 0.211 e. The van der Waals surface area contributed by atoms with E-state index in [1.54, 1.807) is 14.2 Å². The quantitative estimate of drug-likeness (QED) is 0.827. The molecule has 1 saturated heterocycles. The molecule has 0 bridgehead atoms. The van der Waals surface area contributed by atoms with Gasteiger partial charge in [0.25, 0.3) is 0 Å². The standard InChI is InChI=1S/C19H21NO4/c1-22-18-11-17(19(23-2)24-18)15-5-3-13(4-6-15)14-7-9-16(10-8-14)20-12-21/h3-10,12,17-19H,11H2,1-2H3,(H,20,21). The van der Waals surface area contributed by atoms with E-state index in [-0.39, 0.29) is 18.5 Å². The lowest BCUT2D eigenvalue weighted by molar-refractivity contribution is -0.188. The molecule has 24 heavy (non-hydrogen) atoms. The van der Waals surface area contributed by atoms with Crippen molar-refractivity contribution in [3.05, 3.63) is 54.1 Å². The van der Waals surface area contributed by atoms with Crippen LogP contribution in [-0.4, -0.2) is 33.2 Å². The first-order valence-corrected chi connectivity index (χ1v) is 7.86. The monoisotopic (exact) mass is 327 g/mol. The Kier molecular flexibility index (Phi) is 5.25. The first kappa shape index (κ1) is 16.6. The molecule has 3 unspecified atom stereocenters. The maximum absolute atomic E-state index is 10.4. The topological polar surface area (TPSA) is 56.8 Å². The van der Waals surface area contributed by atoms with Gasteiger partial charge in [-0.1, -0.05) is 36.4 Å². The molecule has 126 valence electrons. The largest absolute Gasteiger partial charge is 0.356 e. The minimum atomic E-state index is -0.283. The minimum absolute atomic E-state index is 0.160. The second-order valence-corrected chi connectivity index (χ2v) is 5.71. The van der Waals surface area contributed by atoms with Crippen LogP contribution in [0.15, 0.2) is 48.5 Å². The number of amides is 1. The van der Waals surface area contributed by atoms with Crippen molar-refractivity contribution in [3.63, 3.8) is 0 Å². The molecule has 1 heterocycles. The molecular formula is C19H21NO4. The zero-order valence-electron chi connectivity index (χ0n) is 13.8. The Morgan fingerprint density at radius 1 is 1.00 bits per heavy atom. The van der Waals surface area contributed by atoms with E-state index in [1.165, 1.54) is 5.56 Å². The fraction of sp³-hybridized carbons (Fsp3) is 0.316. The summed E-state index contributed by atoms with van der Waals surface area (Å²) in [6, 6.07) is 16.1. The van der Waals surface area contributed by atoms with Crippen molar-refractivity contribution in [2.45, 2.75) is 24.9 Å². The molecule has 0 radical (unpaired) electrons. The average Bonchev–Trinajstić information content (AvgIpc) is 3.06. The third-order valence-electron chi connectivity index (χ3n) is 4.34. The molecule has 1 amide bonds. The molecule has 3 atom stereocenters. The van der Waals surface area contributed by atoms with Gasteiger partial charge in [-0.3, -0.25) is 4.79 Å². The summed E-state index contributed by atoms with van der Waals surface area (Å²) in [7, 11) is 3.30. The van der Waals surface area contributed by atoms with E-state index < -0.39 is 0 Å². The van der Waals surface area contributed by atoms with Crippen molar-refractivity contribution < 1.29 is 19.0 Å². The Bertz CT molecular complexity index is 669. The zero-order valence-corrected chi connectivity index (χ0v) is 13.8. The maximum atomic E-state index is 10.4. The predicted molar refractivity (Wildman–Crippen MR) is 91.6 cm³/mol. The third kappa shape index (κ3) is 3.48. The van der Waals surface area contributed by atoms with E-state index in [9.17, 15) is 4.79 Å². The van der Waals surface area contributed by atoms with Crippen molar-refractivity contribution in [1.29, 1.82) is 0 Å². The molecule has 1 aliphatic heterocycles. The Morgan fingerprint density at radius 3 is 2.17 bits per heavy atom. The van der Waals surface area contributed by atoms with Gasteiger partial charge in [0.05, 0.1) is 0 Å². The van der Waals surface area contributed by atoms with Crippen LogP contribution >= 0.6 is 0 Å². The molecule has 2 aromatic rings. The Morgan fingerprint density at radius 2 is 1.62 bits per heavy atom. The molecule has 0 aliphatic carbocycles. The Hall–Kier alpha value is -2.21. The number of anilines is 1. The van der Waals surface area contributed by atoms with Crippen LogP contribution in [0.5, 0.6) is 0 Å². The molecule has 2 aromatic carbocycles. The number of methoxy groups -OCH3 is 2. The van der Waals surface area contributed by atoms with Crippen molar-refractivity contribution in [1.82, 2.24) is 0 Å². The number of nitrogens with one attached hydrogen (secondary N) is 1. The van der Waals surface area contributed by atoms with Gasteiger partial charge in [-0.15, -0.1) is 0 Å². The number of hydrogen-bond donors (Lipinski definition) is 1. The van der Waals surface area contributed by atoms with E-state index in [4.69, 9.17) is 14.2 Å². The van der Waals surface area contributed by atoms with Crippen molar-refractivity contribution in [2.24, 2.45) is 0 Å². The van der Waals surface area contributed by atoms with E-state index >= 15 is 0 Å². The summed E-state index contributed by atoms with van der Waals surface area (Å²) in [5, 5.41) is 2.63. The first-order chi connectivity index (χ1) is 11.7. The van der Waals surface area contributed by atoms with Crippen molar-refractivity contribution in [3.8, 4) is 11.1 Å². The fourth-order valence-corrected chi connectivity index (χ4v) is 3.03. The molecular weight excluding hydrogens is 306 g/mol. The highest BCUT2D eigenvalue weighted by molar-refractivity contribution is 5.73. The summed E-state index contributed by atoms with van der Waals surface area (Å²) in [5.41, 5.74) is 4.16. The van der Waals surface area contributed by atoms with E-state index in [0.717, 1.165) is 23.2 Å². The molecule has 1 aliphatic rings. The molecule has 1 fully saturated rings. The van der Waals surface area contributed by atoms with Crippen molar-refractivity contribution >= 4 is 12.1 Å². The highest BCUT2D eigenvalue weighted by atomic mass is 16.8. The highest BCUT2D eigenvalue weighted by Crippen LogP contribution is 2.36. The SMILES string of the molecule is COC1CC(c2ccc(-c3ccc(NC=O)cc3)cc2)C(OC)O1. The summed E-state index contributed by atoms with van der Waals surface area (Å²) in [4.78, 5) is 10.4. The smallest absolute Gasteiger partial charge is 0.211 e. The van der Waals surface area contributed by atoms with Crippen molar-refractivity contribution in [2.75, 3.05) is 19.5 Å². The summed E-state index contributed by atoms with van der Waals surface area (Å²) in [5.74, 6) is 0.160. The minimum Gasteiger partial charge on any atom is -0.356 e. The van der Waals surface area contributed by atoms with Gasteiger partial charge in [-0.2, -0.15) is 0 Å². The van der Waals surface area contributed by atoms with Crippen LogP contribution in [0, 0.1) is 0 Å². The van der Waals surface area contributed by atoms with Crippen LogP contribution in [0.3, 0.4) is 0 Å². The molecule has 0 spiro atoms. The molecule has 5 nitrogen and oxygen atoms in total. The first-order valence-electron chi connectivity index (χ1n) is 7.86. The van der Waals surface area contributed by atoms with Crippen LogP contribution in [-0.2, 0) is 19.0 Å². The number of hydrogen-bond acceptors (Lipinski definition) is 4. The van der Waals surface area contributed by atoms with Crippen LogP contribution in [0.4, 0.5) is 5.69 Å². The fourth-order valence-electron chi connectivity index (χ4n) is 3.03. The summed E-state index contributed by atoms with van der Waals surface area (Å²) < 4.78 is 16.4. The van der Waals surface area contributed by atoms with Crippen LogP contribution in [0.25, 0.3) is 11.1 Å². The predicted octanol–water partition coefficient (Wildman–Crippen LogP) is 3.37.